The van der Waals surface area contributed by atoms with Crippen LogP contribution < -0.4 is 5.73 Å². The van der Waals surface area contributed by atoms with Gasteiger partial charge >= 0.3 is 0 Å². The first-order valence-electron chi connectivity index (χ1n) is 6.79. The van der Waals surface area contributed by atoms with E-state index in [9.17, 15) is 0 Å². The highest BCUT2D eigenvalue weighted by molar-refractivity contribution is 5.18. The maximum Gasteiger partial charge on any atom is 0.0589 e. The van der Waals surface area contributed by atoms with Crippen LogP contribution in [-0.2, 0) is 4.74 Å². The number of benzene rings is 1. The van der Waals surface area contributed by atoms with E-state index in [-0.39, 0.29) is 6.04 Å². The maximum absolute atomic E-state index is 6.18. The van der Waals surface area contributed by atoms with Crippen molar-refractivity contribution in [3.05, 3.63) is 35.9 Å². The zero-order valence-electron chi connectivity index (χ0n) is 11.6. The summed E-state index contributed by atoms with van der Waals surface area (Å²) in [5, 5.41) is 0. The summed E-state index contributed by atoms with van der Waals surface area (Å²) in [6.45, 7) is 6.17. The van der Waals surface area contributed by atoms with Gasteiger partial charge in [0.25, 0.3) is 0 Å². The van der Waals surface area contributed by atoms with Crippen LogP contribution in [0.5, 0.6) is 0 Å². The number of likely N-dealkylation sites (N-methyl/N-ethyl adjacent to an activating group) is 1. The van der Waals surface area contributed by atoms with E-state index >= 15 is 0 Å². The Morgan fingerprint density at radius 1 is 1.22 bits per heavy atom. The van der Waals surface area contributed by atoms with Gasteiger partial charge in [-0.25, -0.2) is 0 Å². The van der Waals surface area contributed by atoms with Crippen molar-refractivity contribution in [3.8, 4) is 0 Å². The summed E-state index contributed by atoms with van der Waals surface area (Å²) < 4.78 is 5.10. The molecule has 0 aliphatic carbocycles. The van der Waals surface area contributed by atoms with E-state index < -0.39 is 0 Å². The highest BCUT2D eigenvalue weighted by Gasteiger charge is 2.07. The zero-order valence-corrected chi connectivity index (χ0v) is 11.6. The van der Waals surface area contributed by atoms with Gasteiger partial charge in [-0.2, -0.15) is 0 Å². The third-order valence-electron chi connectivity index (χ3n) is 3.28. The molecule has 1 rings (SSSR count). The van der Waals surface area contributed by atoms with Crippen molar-refractivity contribution >= 4 is 0 Å². The van der Waals surface area contributed by atoms with E-state index in [1.165, 1.54) is 5.56 Å². The zero-order chi connectivity index (χ0) is 13.2. The summed E-state index contributed by atoms with van der Waals surface area (Å²) >= 11 is 0. The quantitative estimate of drug-likeness (QED) is 0.731. The van der Waals surface area contributed by atoms with Crippen LogP contribution in [-0.4, -0.2) is 38.3 Å². The molecule has 0 bridgehead atoms. The van der Waals surface area contributed by atoms with Crippen LogP contribution in [0.3, 0.4) is 0 Å². The van der Waals surface area contributed by atoms with Gasteiger partial charge in [-0.15, -0.1) is 0 Å². The van der Waals surface area contributed by atoms with Crippen molar-refractivity contribution in [3.63, 3.8) is 0 Å². The fraction of sp³-hybridized carbons (Fsp3) is 0.600. The molecule has 0 amide bonds. The molecule has 1 aromatic carbocycles. The largest absolute Gasteiger partial charge is 0.383 e. The third kappa shape index (κ3) is 5.63. The molecule has 0 spiro atoms. The van der Waals surface area contributed by atoms with Crippen LogP contribution in [0.15, 0.2) is 30.3 Å². The summed E-state index contributed by atoms with van der Waals surface area (Å²) in [4.78, 5) is 2.40. The van der Waals surface area contributed by atoms with E-state index in [0.717, 1.165) is 39.1 Å². The molecule has 0 aliphatic heterocycles. The number of hydrogen-bond donors (Lipinski definition) is 1. The van der Waals surface area contributed by atoms with E-state index in [2.05, 4.69) is 24.0 Å². The molecule has 18 heavy (non-hydrogen) atoms. The average molecular weight is 250 g/mol. The lowest BCUT2D eigenvalue weighted by Crippen LogP contribution is -2.28. The summed E-state index contributed by atoms with van der Waals surface area (Å²) in [6.07, 6.45) is 2.17. The minimum atomic E-state index is 0.160. The molecule has 0 radical (unpaired) electrons. The smallest absolute Gasteiger partial charge is 0.0589 e. The fourth-order valence-corrected chi connectivity index (χ4v) is 2.05. The SMILES string of the molecule is CCN(CCCC(N)c1ccccc1)CCOC. The molecule has 0 saturated carbocycles. The Morgan fingerprint density at radius 3 is 2.56 bits per heavy atom. The van der Waals surface area contributed by atoms with Gasteiger partial charge in [0.05, 0.1) is 6.61 Å². The lowest BCUT2D eigenvalue weighted by Gasteiger charge is -2.20. The molecule has 3 heteroatoms. The number of hydrogen-bond acceptors (Lipinski definition) is 3. The van der Waals surface area contributed by atoms with Crippen molar-refractivity contribution in [1.29, 1.82) is 0 Å². The van der Waals surface area contributed by atoms with Crippen LogP contribution in [0.25, 0.3) is 0 Å². The maximum atomic E-state index is 6.18. The van der Waals surface area contributed by atoms with Crippen LogP contribution in [0, 0.1) is 0 Å². The Balaban J connectivity index is 2.24. The van der Waals surface area contributed by atoms with Crippen molar-refractivity contribution in [2.24, 2.45) is 5.73 Å². The van der Waals surface area contributed by atoms with Crippen molar-refractivity contribution in [2.45, 2.75) is 25.8 Å². The number of nitrogens with two attached hydrogens (primary N) is 1. The molecule has 2 N–H and O–H groups in total. The second-order valence-electron chi connectivity index (χ2n) is 4.59. The molecule has 1 aromatic rings. The Bertz CT molecular complexity index is 303. The van der Waals surface area contributed by atoms with E-state index in [4.69, 9.17) is 10.5 Å². The number of methoxy groups -OCH3 is 1. The van der Waals surface area contributed by atoms with Gasteiger partial charge in [-0.1, -0.05) is 37.3 Å². The van der Waals surface area contributed by atoms with Crippen molar-refractivity contribution in [1.82, 2.24) is 4.90 Å². The summed E-state index contributed by atoms with van der Waals surface area (Å²) in [5.74, 6) is 0. The van der Waals surface area contributed by atoms with Crippen molar-refractivity contribution in [2.75, 3.05) is 33.4 Å². The first-order chi connectivity index (χ1) is 8.77. The Kier molecular flexibility index (Phi) is 7.65. The molecular weight excluding hydrogens is 224 g/mol. The van der Waals surface area contributed by atoms with Gasteiger partial charge < -0.3 is 15.4 Å². The Labute approximate surface area is 111 Å². The minimum absolute atomic E-state index is 0.160. The van der Waals surface area contributed by atoms with Gasteiger partial charge in [0.1, 0.15) is 0 Å². The van der Waals surface area contributed by atoms with E-state index in [1.54, 1.807) is 7.11 Å². The molecule has 0 aromatic heterocycles. The molecule has 3 nitrogen and oxygen atoms in total. The van der Waals surface area contributed by atoms with E-state index in [1.807, 2.05) is 18.2 Å². The number of rotatable bonds is 9. The first kappa shape index (κ1) is 15.2. The van der Waals surface area contributed by atoms with E-state index in [0.29, 0.717) is 0 Å². The fourth-order valence-electron chi connectivity index (χ4n) is 2.05. The van der Waals surface area contributed by atoms with Gasteiger partial charge in [0, 0.05) is 19.7 Å². The molecule has 0 aliphatic rings. The number of ether oxygens (including phenoxy) is 1. The van der Waals surface area contributed by atoms with Crippen LogP contribution in [0.1, 0.15) is 31.4 Å². The predicted molar refractivity (Wildman–Crippen MR) is 76.6 cm³/mol. The minimum Gasteiger partial charge on any atom is -0.383 e. The van der Waals surface area contributed by atoms with Crippen LogP contribution in [0.4, 0.5) is 0 Å². The molecule has 1 unspecified atom stereocenters. The lowest BCUT2D eigenvalue weighted by molar-refractivity contribution is 0.149. The average Bonchev–Trinajstić information content (AvgIpc) is 2.43. The van der Waals surface area contributed by atoms with Gasteiger partial charge in [0.15, 0.2) is 0 Å². The third-order valence-corrected chi connectivity index (χ3v) is 3.28. The van der Waals surface area contributed by atoms with Gasteiger partial charge in [-0.05, 0) is 31.5 Å². The second kappa shape index (κ2) is 9.09. The Morgan fingerprint density at radius 2 is 1.94 bits per heavy atom. The highest BCUT2D eigenvalue weighted by atomic mass is 16.5. The molecule has 0 saturated heterocycles. The van der Waals surface area contributed by atoms with Crippen LogP contribution >= 0.6 is 0 Å². The van der Waals surface area contributed by atoms with Gasteiger partial charge in [0.2, 0.25) is 0 Å². The van der Waals surface area contributed by atoms with Crippen LogP contribution in [0.2, 0.25) is 0 Å². The lowest BCUT2D eigenvalue weighted by atomic mass is 10.0. The number of nitrogens with zero attached hydrogens (tertiary/aromatic N) is 1. The summed E-state index contributed by atoms with van der Waals surface area (Å²) in [7, 11) is 1.75. The molecule has 1 atom stereocenters. The second-order valence-corrected chi connectivity index (χ2v) is 4.59. The summed E-state index contributed by atoms with van der Waals surface area (Å²) in [5.41, 5.74) is 7.41. The van der Waals surface area contributed by atoms with Crippen molar-refractivity contribution < 1.29 is 4.74 Å². The highest BCUT2D eigenvalue weighted by Crippen LogP contribution is 2.15. The topological polar surface area (TPSA) is 38.5 Å². The van der Waals surface area contributed by atoms with Gasteiger partial charge in [-0.3, -0.25) is 0 Å². The molecule has 0 heterocycles. The Hall–Kier alpha value is -0.900. The normalized spacial score (nSPS) is 12.9. The standard InChI is InChI=1S/C15H26N2O/c1-3-17(12-13-18-2)11-7-10-15(16)14-8-5-4-6-9-14/h4-6,8-9,15H,3,7,10-13,16H2,1-2H3. The molecule has 102 valence electrons. The first-order valence-corrected chi connectivity index (χ1v) is 6.79. The molecular formula is C15H26N2O. The molecule has 0 fully saturated rings. The predicted octanol–water partition coefficient (Wildman–Crippen LogP) is 2.43. The monoisotopic (exact) mass is 250 g/mol. The summed E-state index contributed by atoms with van der Waals surface area (Å²) in [6, 6.07) is 10.5.